The zero-order valence-electron chi connectivity index (χ0n) is 12.0. The number of oxime groups is 1. The summed E-state index contributed by atoms with van der Waals surface area (Å²) in [5, 5.41) is 11.5. The van der Waals surface area contributed by atoms with Gasteiger partial charge in [-0.3, -0.25) is 4.79 Å². The third kappa shape index (κ3) is 3.07. The quantitative estimate of drug-likeness (QED) is 0.376. The zero-order valence-corrected chi connectivity index (χ0v) is 12.0. The van der Waals surface area contributed by atoms with Crippen LogP contribution in [0.2, 0.25) is 0 Å². The largest absolute Gasteiger partial charge is 0.466 e. The fraction of sp³-hybridized carbons (Fsp3) is 0.538. The summed E-state index contributed by atoms with van der Waals surface area (Å²) < 4.78 is 5.46. The van der Waals surface area contributed by atoms with Gasteiger partial charge in [-0.1, -0.05) is 5.16 Å². The Balaban J connectivity index is 2.94. The van der Waals surface area contributed by atoms with Gasteiger partial charge in [0.1, 0.15) is 17.4 Å². The number of aryl methyl sites for hydroxylation is 2. The number of carbonyl (C=O) groups excluding carboxylic acids is 1. The van der Waals surface area contributed by atoms with Gasteiger partial charge in [-0.05, 0) is 27.7 Å². The van der Waals surface area contributed by atoms with E-state index in [0.717, 1.165) is 11.3 Å². The molecule has 3 N–H and O–H groups in total. The molecule has 1 atom stereocenters. The maximum Gasteiger partial charge on any atom is 0.257 e. The molecule has 0 aliphatic heterocycles. The van der Waals surface area contributed by atoms with Gasteiger partial charge in [0, 0.05) is 25.1 Å². The Bertz CT molecular complexity index is 505. The van der Waals surface area contributed by atoms with E-state index in [-0.39, 0.29) is 17.8 Å². The molecule has 106 valence electrons. The highest BCUT2D eigenvalue weighted by atomic mass is 16.4. The maximum absolute atomic E-state index is 12.4. The molecule has 1 unspecified atom stereocenters. The molecule has 0 aromatic carbocycles. The molecular formula is C13H21N3O3. The van der Waals surface area contributed by atoms with Crippen LogP contribution in [0.4, 0.5) is 0 Å². The van der Waals surface area contributed by atoms with Gasteiger partial charge in [0.05, 0.1) is 5.56 Å². The van der Waals surface area contributed by atoms with Crippen molar-refractivity contribution in [1.82, 2.24) is 4.90 Å². The summed E-state index contributed by atoms with van der Waals surface area (Å²) in [5.74, 6) is 1.34. The molecule has 6 heteroatoms. The molecule has 0 aliphatic rings. The molecule has 0 radical (unpaired) electrons. The minimum atomic E-state index is -0.169. The van der Waals surface area contributed by atoms with Crippen molar-refractivity contribution in [3.05, 3.63) is 22.6 Å². The SMILES string of the molecule is Cc1oc(C)c(C(=O)N(C)C(C)CC(N)=NO)c1C. The van der Waals surface area contributed by atoms with Gasteiger partial charge in [-0.15, -0.1) is 0 Å². The van der Waals surface area contributed by atoms with Crippen molar-refractivity contribution in [2.24, 2.45) is 10.9 Å². The van der Waals surface area contributed by atoms with E-state index in [4.69, 9.17) is 15.4 Å². The van der Waals surface area contributed by atoms with Crippen LogP contribution in [0.5, 0.6) is 0 Å². The van der Waals surface area contributed by atoms with Crippen LogP contribution >= 0.6 is 0 Å². The molecule has 1 aromatic heterocycles. The highest BCUT2D eigenvalue weighted by Crippen LogP contribution is 2.22. The molecule has 0 spiro atoms. The van der Waals surface area contributed by atoms with Crippen molar-refractivity contribution in [3.63, 3.8) is 0 Å². The van der Waals surface area contributed by atoms with Gasteiger partial charge in [0.15, 0.2) is 0 Å². The van der Waals surface area contributed by atoms with Gasteiger partial charge < -0.3 is 20.3 Å². The Morgan fingerprint density at radius 2 is 2.00 bits per heavy atom. The van der Waals surface area contributed by atoms with Crippen molar-refractivity contribution < 1.29 is 14.4 Å². The third-order valence-electron chi connectivity index (χ3n) is 3.39. The highest BCUT2D eigenvalue weighted by Gasteiger charge is 2.24. The smallest absolute Gasteiger partial charge is 0.257 e. The predicted octanol–water partition coefficient (Wildman–Crippen LogP) is 1.80. The highest BCUT2D eigenvalue weighted by molar-refractivity contribution is 5.97. The van der Waals surface area contributed by atoms with Gasteiger partial charge in [0.25, 0.3) is 5.91 Å². The first-order valence-electron chi connectivity index (χ1n) is 6.09. The number of nitrogens with zero attached hydrogens (tertiary/aromatic N) is 2. The number of amides is 1. The summed E-state index contributed by atoms with van der Waals surface area (Å²) in [6.45, 7) is 7.31. The van der Waals surface area contributed by atoms with E-state index >= 15 is 0 Å². The van der Waals surface area contributed by atoms with E-state index in [1.54, 1.807) is 18.9 Å². The van der Waals surface area contributed by atoms with Crippen LogP contribution in [-0.4, -0.2) is 34.9 Å². The molecule has 1 heterocycles. The minimum Gasteiger partial charge on any atom is -0.466 e. The maximum atomic E-state index is 12.4. The third-order valence-corrected chi connectivity index (χ3v) is 3.39. The van der Waals surface area contributed by atoms with Crippen LogP contribution in [0, 0.1) is 20.8 Å². The summed E-state index contributed by atoms with van der Waals surface area (Å²) in [6.07, 6.45) is 0.313. The van der Waals surface area contributed by atoms with E-state index in [2.05, 4.69) is 5.16 Å². The molecule has 0 saturated heterocycles. The van der Waals surface area contributed by atoms with Crippen molar-refractivity contribution in [3.8, 4) is 0 Å². The molecule has 1 amide bonds. The Morgan fingerprint density at radius 3 is 2.42 bits per heavy atom. The number of carbonyl (C=O) groups is 1. The molecule has 6 nitrogen and oxygen atoms in total. The van der Waals surface area contributed by atoms with E-state index in [1.165, 1.54) is 0 Å². The average molecular weight is 267 g/mol. The fourth-order valence-electron chi connectivity index (χ4n) is 1.97. The lowest BCUT2D eigenvalue weighted by atomic mass is 10.1. The molecule has 19 heavy (non-hydrogen) atoms. The lowest BCUT2D eigenvalue weighted by molar-refractivity contribution is 0.0745. The van der Waals surface area contributed by atoms with Crippen LogP contribution in [0.1, 0.15) is 40.8 Å². The monoisotopic (exact) mass is 267 g/mol. The molecule has 1 rings (SSSR count). The second-order valence-corrected chi connectivity index (χ2v) is 4.77. The van der Waals surface area contributed by atoms with E-state index in [1.807, 2.05) is 20.8 Å². The Hall–Kier alpha value is -1.98. The van der Waals surface area contributed by atoms with Crippen molar-refractivity contribution in [2.75, 3.05) is 7.05 Å². The van der Waals surface area contributed by atoms with Crippen molar-refractivity contribution in [1.29, 1.82) is 0 Å². The van der Waals surface area contributed by atoms with E-state index in [0.29, 0.717) is 17.7 Å². The molecular weight excluding hydrogens is 246 g/mol. The Kier molecular flexibility index (Phi) is 4.58. The molecule has 0 aliphatic carbocycles. The minimum absolute atomic E-state index is 0.101. The van der Waals surface area contributed by atoms with Crippen molar-refractivity contribution in [2.45, 2.75) is 40.2 Å². The number of hydrogen-bond donors (Lipinski definition) is 2. The first kappa shape index (κ1) is 15.1. The predicted molar refractivity (Wildman–Crippen MR) is 72.5 cm³/mol. The second kappa shape index (κ2) is 5.77. The molecule has 0 bridgehead atoms. The molecule has 0 saturated carbocycles. The van der Waals surface area contributed by atoms with Crippen LogP contribution in [-0.2, 0) is 0 Å². The number of rotatable bonds is 4. The topological polar surface area (TPSA) is 92.1 Å². The summed E-state index contributed by atoms with van der Waals surface area (Å²) in [4.78, 5) is 14.0. The number of hydrogen-bond acceptors (Lipinski definition) is 4. The van der Waals surface area contributed by atoms with Crippen LogP contribution < -0.4 is 5.73 Å². The van der Waals surface area contributed by atoms with E-state index in [9.17, 15) is 4.79 Å². The first-order chi connectivity index (χ1) is 8.79. The summed E-state index contributed by atoms with van der Waals surface area (Å²) in [5.41, 5.74) is 6.90. The number of amidine groups is 1. The average Bonchev–Trinajstić information content (AvgIpc) is 2.61. The van der Waals surface area contributed by atoms with Gasteiger partial charge >= 0.3 is 0 Å². The van der Waals surface area contributed by atoms with Crippen LogP contribution in [0.3, 0.4) is 0 Å². The second-order valence-electron chi connectivity index (χ2n) is 4.77. The summed E-state index contributed by atoms with van der Waals surface area (Å²) in [7, 11) is 1.69. The lowest BCUT2D eigenvalue weighted by Gasteiger charge is -2.24. The van der Waals surface area contributed by atoms with Gasteiger partial charge in [-0.25, -0.2) is 0 Å². The van der Waals surface area contributed by atoms with Crippen LogP contribution in [0.15, 0.2) is 9.57 Å². The van der Waals surface area contributed by atoms with Gasteiger partial charge in [0.2, 0.25) is 0 Å². The standard InChI is InChI=1S/C13H21N3O3/c1-7(6-11(14)15-18)16(5)13(17)12-8(2)9(3)19-10(12)4/h7,18H,6H2,1-5H3,(H2,14,15). The lowest BCUT2D eigenvalue weighted by Crippen LogP contribution is -2.38. The summed E-state index contributed by atoms with van der Waals surface area (Å²) >= 11 is 0. The van der Waals surface area contributed by atoms with Crippen LogP contribution in [0.25, 0.3) is 0 Å². The first-order valence-corrected chi connectivity index (χ1v) is 6.09. The van der Waals surface area contributed by atoms with Gasteiger partial charge in [-0.2, -0.15) is 0 Å². The normalized spacial score (nSPS) is 13.4. The summed E-state index contributed by atoms with van der Waals surface area (Å²) in [6, 6.07) is -0.169. The molecule has 1 aromatic rings. The Labute approximate surface area is 112 Å². The zero-order chi connectivity index (χ0) is 14.7. The number of nitrogens with two attached hydrogens (primary N) is 1. The number of furan rings is 1. The Morgan fingerprint density at radius 1 is 1.42 bits per heavy atom. The molecule has 0 fully saturated rings. The van der Waals surface area contributed by atoms with E-state index < -0.39 is 0 Å². The van der Waals surface area contributed by atoms with Crippen molar-refractivity contribution >= 4 is 11.7 Å². The fourth-order valence-corrected chi connectivity index (χ4v) is 1.97.